The van der Waals surface area contributed by atoms with Crippen molar-refractivity contribution in [1.82, 2.24) is 10.2 Å². The van der Waals surface area contributed by atoms with Crippen LogP contribution in [0.5, 0.6) is 11.5 Å². The summed E-state index contributed by atoms with van der Waals surface area (Å²) in [4.78, 5) is 14.7. The van der Waals surface area contributed by atoms with E-state index >= 15 is 0 Å². The highest BCUT2D eigenvalue weighted by Crippen LogP contribution is 2.22. The number of hydrogen-bond donors (Lipinski definition) is 1. The van der Waals surface area contributed by atoms with Crippen molar-refractivity contribution < 1.29 is 14.3 Å². The van der Waals surface area contributed by atoms with Gasteiger partial charge in [0.05, 0.1) is 13.7 Å². The van der Waals surface area contributed by atoms with Gasteiger partial charge in [-0.1, -0.05) is 29.8 Å². The SMILES string of the molecule is COc1ccc(OCCNC(=O)C2CCN(Cc3ccccc3Cl)CC2)cc1. The standard InChI is InChI=1S/C22H27ClN2O3/c1-27-19-6-8-20(9-7-19)28-15-12-24-22(26)17-10-13-25(14-11-17)16-18-4-2-3-5-21(18)23/h2-9,17H,10-16H2,1H3,(H,24,26). The van der Waals surface area contributed by atoms with E-state index in [-0.39, 0.29) is 11.8 Å². The summed E-state index contributed by atoms with van der Waals surface area (Å²) in [6, 6.07) is 15.4. The van der Waals surface area contributed by atoms with Crippen LogP contribution in [0.15, 0.2) is 48.5 Å². The fourth-order valence-electron chi connectivity index (χ4n) is 3.38. The number of nitrogens with one attached hydrogen (secondary N) is 1. The zero-order valence-corrected chi connectivity index (χ0v) is 17.0. The summed E-state index contributed by atoms with van der Waals surface area (Å²) in [6.07, 6.45) is 1.74. The van der Waals surface area contributed by atoms with Gasteiger partial charge >= 0.3 is 0 Å². The average Bonchev–Trinajstić information content (AvgIpc) is 2.73. The molecule has 1 fully saturated rings. The first kappa shape index (κ1) is 20.5. The summed E-state index contributed by atoms with van der Waals surface area (Å²) in [5.74, 6) is 1.75. The smallest absolute Gasteiger partial charge is 0.223 e. The number of piperidine rings is 1. The lowest BCUT2D eigenvalue weighted by Gasteiger charge is -2.31. The van der Waals surface area contributed by atoms with Gasteiger partial charge < -0.3 is 14.8 Å². The van der Waals surface area contributed by atoms with E-state index in [1.165, 1.54) is 0 Å². The van der Waals surface area contributed by atoms with Crippen LogP contribution < -0.4 is 14.8 Å². The van der Waals surface area contributed by atoms with Crippen LogP contribution in [-0.4, -0.2) is 44.2 Å². The van der Waals surface area contributed by atoms with Gasteiger partial charge in [-0.25, -0.2) is 0 Å². The number of carbonyl (C=O) groups is 1. The Balaban J connectivity index is 1.34. The number of methoxy groups -OCH3 is 1. The van der Waals surface area contributed by atoms with Gasteiger partial charge in [0.2, 0.25) is 5.91 Å². The van der Waals surface area contributed by atoms with Gasteiger partial charge in [0.15, 0.2) is 0 Å². The molecule has 1 heterocycles. The fourth-order valence-corrected chi connectivity index (χ4v) is 3.58. The molecule has 5 nitrogen and oxygen atoms in total. The Labute approximate surface area is 171 Å². The summed E-state index contributed by atoms with van der Waals surface area (Å²) >= 11 is 6.24. The van der Waals surface area contributed by atoms with Gasteiger partial charge in [0.1, 0.15) is 18.1 Å². The third-order valence-electron chi connectivity index (χ3n) is 5.04. The quantitative estimate of drug-likeness (QED) is 0.683. The summed E-state index contributed by atoms with van der Waals surface area (Å²) in [7, 11) is 1.63. The van der Waals surface area contributed by atoms with Gasteiger partial charge in [-0.2, -0.15) is 0 Å². The van der Waals surface area contributed by atoms with E-state index in [4.69, 9.17) is 21.1 Å². The maximum Gasteiger partial charge on any atom is 0.223 e. The molecule has 1 saturated heterocycles. The monoisotopic (exact) mass is 402 g/mol. The van der Waals surface area contributed by atoms with Crippen LogP contribution in [0.1, 0.15) is 18.4 Å². The predicted octanol–water partition coefficient (Wildman–Crippen LogP) is 3.76. The second-order valence-electron chi connectivity index (χ2n) is 6.96. The number of rotatable bonds is 8. The molecule has 0 bridgehead atoms. The van der Waals surface area contributed by atoms with E-state index in [9.17, 15) is 4.79 Å². The van der Waals surface area contributed by atoms with Gasteiger partial charge in [-0.05, 0) is 61.8 Å². The summed E-state index contributed by atoms with van der Waals surface area (Å²) in [6.45, 7) is 3.61. The molecule has 0 unspecified atom stereocenters. The van der Waals surface area contributed by atoms with E-state index < -0.39 is 0 Å². The van der Waals surface area contributed by atoms with Crippen molar-refractivity contribution in [3.63, 3.8) is 0 Å². The van der Waals surface area contributed by atoms with E-state index in [0.29, 0.717) is 13.2 Å². The Morgan fingerprint density at radius 1 is 1.11 bits per heavy atom. The number of likely N-dealkylation sites (tertiary alicyclic amines) is 1. The summed E-state index contributed by atoms with van der Waals surface area (Å²) in [5.41, 5.74) is 1.14. The molecule has 1 aliphatic heterocycles. The molecular formula is C22H27ClN2O3. The minimum atomic E-state index is 0.0727. The van der Waals surface area contributed by atoms with E-state index in [1.807, 2.05) is 42.5 Å². The highest BCUT2D eigenvalue weighted by atomic mass is 35.5. The van der Waals surface area contributed by atoms with Crippen molar-refractivity contribution >= 4 is 17.5 Å². The molecule has 0 radical (unpaired) electrons. The Hall–Kier alpha value is -2.24. The maximum atomic E-state index is 12.4. The van der Waals surface area contributed by atoms with E-state index in [1.54, 1.807) is 7.11 Å². The molecule has 28 heavy (non-hydrogen) atoms. The molecule has 2 aromatic rings. The second kappa shape index (κ2) is 10.3. The molecule has 6 heteroatoms. The first-order valence-electron chi connectivity index (χ1n) is 9.66. The Bertz CT molecular complexity index is 759. The molecule has 1 aliphatic rings. The third kappa shape index (κ3) is 5.88. The molecule has 0 aromatic heterocycles. The van der Waals surface area contributed by atoms with E-state index in [2.05, 4.69) is 16.3 Å². The molecular weight excluding hydrogens is 376 g/mol. The Kier molecular flexibility index (Phi) is 7.57. The second-order valence-corrected chi connectivity index (χ2v) is 7.36. The summed E-state index contributed by atoms with van der Waals surface area (Å²) in [5, 5.41) is 3.80. The number of amides is 1. The molecule has 150 valence electrons. The number of ether oxygens (including phenoxy) is 2. The van der Waals surface area contributed by atoms with Crippen LogP contribution in [0.25, 0.3) is 0 Å². The van der Waals surface area contributed by atoms with Gasteiger partial charge in [0, 0.05) is 17.5 Å². The zero-order valence-electron chi connectivity index (χ0n) is 16.2. The Morgan fingerprint density at radius 2 is 1.79 bits per heavy atom. The van der Waals surface area contributed by atoms with Crippen LogP contribution in [0, 0.1) is 5.92 Å². The number of halogens is 1. The largest absolute Gasteiger partial charge is 0.497 e. The number of carbonyl (C=O) groups excluding carboxylic acids is 1. The fraction of sp³-hybridized carbons (Fsp3) is 0.409. The minimum absolute atomic E-state index is 0.0727. The third-order valence-corrected chi connectivity index (χ3v) is 5.41. The van der Waals surface area contributed by atoms with Crippen LogP contribution in [0.2, 0.25) is 5.02 Å². The van der Waals surface area contributed by atoms with Gasteiger partial charge in [-0.15, -0.1) is 0 Å². The summed E-state index contributed by atoms with van der Waals surface area (Å²) < 4.78 is 10.8. The maximum absolute atomic E-state index is 12.4. The first-order chi connectivity index (χ1) is 13.7. The molecule has 0 spiro atoms. The molecule has 0 saturated carbocycles. The van der Waals surface area contributed by atoms with E-state index in [0.717, 1.165) is 54.6 Å². The molecule has 2 aromatic carbocycles. The van der Waals surface area contributed by atoms with Gasteiger partial charge in [-0.3, -0.25) is 9.69 Å². The number of benzene rings is 2. The molecule has 3 rings (SSSR count). The minimum Gasteiger partial charge on any atom is -0.497 e. The van der Waals surface area contributed by atoms with Crippen LogP contribution in [0.3, 0.4) is 0 Å². The van der Waals surface area contributed by atoms with Crippen molar-refractivity contribution in [3.8, 4) is 11.5 Å². The van der Waals surface area contributed by atoms with Crippen LogP contribution in [-0.2, 0) is 11.3 Å². The number of hydrogen-bond acceptors (Lipinski definition) is 4. The number of nitrogens with zero attached hydrogens (tertiary/aromatic N) is 1. The molecule has 0 atom stereocenters. The zero-order chi connectivity index (χ0) is 19.8. The normalized spacial score (nSPS) is 15.2. The highest BCUT2D eigenvalue weighted by molar-refractivity contribution is 6.31. The lowest BCUT2D eigenvalue weighted by atomic mass is 9.95. The molecule has 1 N–H and O–H groups in total. The topological polar surface area (TPSA) is 50.8 Å². The first-order valence-corrected chi connectivity index (χ1v) is 10.0. The Morgan fingerprint density at radius 3 is 2.46 bits per heavy atom. The van der Waals surface area contributed by atoms with Crippen molar-refractivity contribution in [2.45, 2.75) is 19.4 Å². The van der Waals surface area contributed by atoms with Crippen molar-refractivity contribution in [2.24, 2.45) is 5.92 Å². The highest BCUT2D eigenvalue weighted by Gasteiger charge is 2.24. The molecule has 0 aliphatic carbocycles. The predicted molar refractivity (Wildman–Crippen MR) is 111 cm³/mol. The average molecular weight is 403 g/mol. The molecule has 1 amide bonds. The lowest BCUT2D eigenvalue weighted by Crippen LogP contribution is -2.41. The van der Waals surface area contributed by atoms with Crippen molar-refractivity contribution in [3.05, 3.63) is 59.1 Å². The van der Waals surface area contributed by atoms with Crippen molar-refractivity contribution in [2.75, 3.05) is 33.4 Å². The van der Waals surface area contributed by atoms with Crippen LogP contribution in [0.4, 0.5) is 0 Å². The lowest BCUT2D eigenvalue weighted by molar-refractivity contribution is -0.126. The van der Waals surface area contributed by atoms with Crippen molar-refractivity contribution in [1.29, 1.82) is 0 Å². The van der Waals surface area contributed by atoms with Crippen LogP contribution >= 0.6 is 11.6 Å². The van der Waals surface area contributed by atoms with Gasteiger partial charge in [0.25, 0.3) is 0 Å².